The monoisotopic (exact) mass is 241 g/mol. The van der Waals surface area contributed by atoms with Crippen molar-refractivity contribution >= 4 is 27.5 Å². The molecule has 0 saturated carbocycles. The molecule has 0 bridgehead atoms. The van der Waals surface area contributed by atoms with E-state index < -0.39 is 0 Å². The lowest BCUT2D eigenvalue weighted by atomic mass is 10.2. The van der Waals surface area contributed by atoms with Gasteiger partial charge >= 0.3 is 0 Å². The van der Waals surface area contributed by atoms with Crippen molar-refractivity contribution in [3.8, 4) is 0 Å². The maximum atomic E-state index is 11.3. The van der Waals surface area contributed by atoms with E-state index >= 15 is 0 Å². The molecule has 1 aromatic carbocycles. The van der Waals surface area contributed by atoms with Gasteiger partial charge in [0, 0.05) is 12.7 Å². The van der Waals surface area contributed by atoms with Gasteiger partial charge in [0.1, 0.15) is 0 Å². The number of amides is 1. The lowest BCUT2D eigenvalue weighted by Gasteiger charge is -2.16. The summed E-state index contributed by atoms with van der Waals surface area (Å²) >= 11 is 3.14. The number of nitrogens with zero attached hydrogens (tertiary/aromatic N) is 1. The lowest BCUT2D eigenvalue weighted by molar-refractivity contribution is -0.115. The smallest absolute Gasteiger partial charge is 0.237 e. The maximum absolute atomic E-state index is 11.3. The molecule has 0 saturated heterocycles. The Morgan fingerprint density at radius 1 is 1.54 bits per heavy atom. The van der Waals surface area contributed by atoms with E-state index in [1.165, 1.54) is 0 Å². The molecule has 0 aliphatic carbocycles. The molecule has 0 heterocycles. The van der Waals surface area contributed by atoms with Crippen molar-refractivity contribution in [3.63, 3.8) is 0 Å². The Bertz CT molecular complexity index is 312. The fourth-order valence-corrected chi connectivity index (χ4v) is 1.45. The molecular weight excluding hydrogens is 230 g/mol. The van der Waals surface area contributed by atoms with E-state index in [1.54, 1.807) is 11.9 Å². The summed E-state index contributed by atoms with van der Waals surface area (Å²) < 4.78 is 0. The first-order valence-electron chi connectivity index (χ1n) is 4.04. The number of rotatable bonds is 2. The predicted molar refractivity (Wildman–Crippen MR) is 58.4 cm³/mol. The van der Waals surface area contributed by atoms with E-state index in [0.717, 1.165) is 11.3 Å². The first-order chi connectivity index (χ1) is 6.15. The Morgan fingerprint density at radius 3 is 2.77 bits per heavy atom. The lowest BCUT2D eigenvalue weighted by Crippen LogP contribution is -2.26. The summed E-state index contributed by atoms with van der Waals surface area (Å²) in [4.78, 5) is 12.9. The van der Waals surface area contributed by atoms with Crippen LogP contribution in [0.25, 0.3) is 0 Å². The summed E-state index contributed by atoms with van der Waals surface area (Å²) in [5, 5.41) is 0.359. The second kappa shape index (κ2) is 4.42. The van der Waals surface area contributed by atoms with Gasteiger partial charge in [0.2, 0.25) is 5.91 Å². The number of carbonyl (C=O) groups excluding carboxylic acids is 1. The second-order valence-electron chi connectivity index (χ2n) is 2.93. The van der Waals surface area contributed by atoms with Gasteiger partial charge in [-0.25, -0.2) is 0 Å². The van der Waals surface area contributed by atoms with Gasteiger partial charge in [0.25, 0.3) is 0 Å². The molecule has 0 unspecified atom stereocenters. The minimum absolute atomic E-state index is 0.0607. The van der Waals surface area contributed by atoms with Crippen LogP contribution < -0.4 is 4.90 Å². The molecule has 0 aromatic heterocycles. The van der Waals surface area contributed by atoms with Crippen LogP contribution in [0.4, 0.5) is 5.69 Å². The van der Waals surface area contributed by atoms with Crippen molar-refractivity contribution in [3.05, 3.63) is 29.8 Å². The van der Waals surface area contributed by atoms with Crippen LogP contribution in [0.15, 0.2) is 24.3 Å². The highest BCUT2D eigenvalue weighted by molar-refractivity contribution is 9.09. The van der Waals surface area contributed by atoms with Gasteiger partial charge in [-0.15, -0.1) is 0 Å². The first-order valence-corrected chi connectivity index (χ1v) is 5.16. The van der Waals surface area contributed by atoms with Crippen molar-refractivity contribution in [2.75, 3.05) is 17.3 Å². The SMILES string of the molecule is Cc1cccc(N(C)C(=O)CBr)c1. The molecule has 1 aromatic rings. The molecule has 0 aliphatic rings. The Balaban J connectivity index is 2.88. The molecule has 0 atom stereocenters. The minimum atomic E-state index is 0.0607. The number of hydrogen-bond donors (Lipinski definition) is 0. The topological polar surface area (TPSA) is 20.3 Å². The van der Waals surface area contributed by atoms with Gasteiger partial charge < -0.3 is 4.90 Å². The second-order valence-corrected chi connectivity index (χ2v) is 3.49. The molecule has 1 amide bonds. The predicted octanol–water partition coefficient (Wildman–Crippen LogP) is 2.35. The number of aryl methyl sites for hydroxylation is 1. The van der Waals surface area contributed by atoms with Gasteiger partial charge in [-0.05, 0) is 24.6 Å². The van der Waals surface area contributed by atoms with Crippen molar-refractivity contribution in [2.24, 2.45) is 0 Å². The molecule has 0 spiro atoms. The average Bonchev–Trinajstić information content (AvgIpc) is 2.15. The summed E-state index contributed by atoms with van der Waals surface area (Å²) in [7, 11) is 1.78. The zero-order valence-electron chi connectivity index (χ0n) is 7.75. The van der Waals surface area contributed by atoms with Crippen molar-refractivity contribution in [2.45, 2.75) is 6.92 Å². The maximum Gasteiger partial charge on any atom is 0.237 e. The third kappa shape index (κ3) is 2.56. The fourth-order valence-electron chi connectivity index (χ4n) is 1.07. The molecule has 0 aliphatic heterocycles. The number of halogens is 1. The van der Waals surface area contributed by atoms with Crippen LogP contribution in [0.2, 0.25) is 0 Å². The van der Waals surface area contributed by atoms with E-state index in [9.17, 15) is 4.79 Å². The highest BCUT2D eigenvalue weighted by Crippen LogP contribution is 2.14. The molecular formula is C10H12BrNO. The Kier molecular flexibility index (Phi) is 3.48. The third-order valence-electron chi connectivity index (χ3n) is 1.88. The Morgan fingerprint density at radius 2 is 2.23 bits per heavy atom. The standard InChI is InChI=1S/C10H12BrNO/c1-8-4-3-5-9(6-8)12(2)10(13)7-11/h3-6H,7H2,1-2H3. The van der Waals surface area contributed by atoms with Gasteiger partial charge in [-0.1, -0.05) is 28.1 Å². The van der Waals surface area contributed by atoms with Gasteiger partial charge in [0.05, 0.1) is 5.33 Å². The van der Waals surface area contributed by atoms with Crippen LogP contribution in [0.5, 0.6) is 0 Å². The van der Waals surface area contributed by atoms with Crippen molar-refractivity contribution in [1.82, 2.24) is 0 Å². The molecule has 1 rings (SSSR count). The molecule has 70 valence electrons. The number of carbonyl (C=O) groups is 1. The highest BCUT2D eigenvalue weighted by Gasteiger charge is 2.08. The quantitative estimate of drug-likeness (QED) is 0.729. The summed E-state index contributed by atoms with van der Waals surface area (Å²) in [5.74, 6) is 0.0607. The van der Waals surface area contributed by atoms with Gasteiger partial charge in [0.15, 0.2) is 0 Å². The van der Waals surface area contributed by atoms with E-state index in [0.29, 0.717) is 5.33 Å². The average molecular weight is 242 g/mol. The van der Waals surface area contributed by atoms with E-state index in [2.05, 4.69) is 15.9 Å². The van der Waals surface area contributed by atoms with Crippen molar-refractivity contribution in [1.29, 1.82) is 0 Å². The van der Waals surface area contributed by atoms with E-state index in [4.69, 9.17) is 0 Å². The number of anilines is 1. The normalized spacial score (nSPS) is 9.77. The zero-order chi connectivity index (χ0) is 9.84. The third-order valence-corrected chi connectivity index (χ3v) is 2.36. The van der Waals surface area contributed by atoms with Crippen LogP contribution in [0, 0.1) is 6.92 Å². The van der Waals surface area contributed by atoms with Crippen LogP contribution in [-0.4, -0.2) is 18.3 Å². The highest BCUT2D eigenvalue weighted by atomic mass is 79.9. The van der Waals surface area contributed by atoms with Crippen LogP contribution >= 0.6 is 15.9 Å². The summed E-state index contributed by atoms with van der Waals surface area (Å²) in [6.07, 6.45) is 0. The first kappa shape index (κ1) is 10.3. The molecule has 3 heteroatoms. The number of benzene rings is 1. The van der Waals surface area contributed by atoms with E-state index in [-0.39, 0.29) is 5.91 Å². The molecule has 13 heavy (non-hydrogen) atoms. The molecule has 0 radical (unpaired) electrons. The number of hydrogen-bond acceptors (Lipinski definition) is 1. The molecule has 2 nitrogen and oxygen atoms in total. The van der Waals surface area contributed by atoms with Crippen LogP contribution in [0.3, 0.4) is 0 Å². The molecule has 0 N–H and O–H groups in total. The minimum Gasteiger partial charge on any atom is -0.315 e. The van der Waals surface area contributed by atoms with Gasteiger partial charge in [-0.3, -0.25) is 4.79 Å². The van der Waals surface area contributed by atoms with E-state index in [1.807, 2.05) is 31.2 Å². The number of alkyl halides is 1. The fraction of sp³-hybridized carbons (Fsp3) is 0.300. The van der Waals surface area contributed by atoms with Crippen LogP contribution in [0.1, 0.15) is 5.56 Å². The Labute approximate surface area is 86.7 Å². The Hall–Kier alpha value is -0.830. The summed E-state index contributed by atoms with van der Waals surface area (Å²) in [6.45, 7) is 2.01. The largest absolute Gasteiger partial charge is 0.315 e. The van der Waals surface area contributed by atoms with Crippen LogP contribution in [-0.2, 0) is 4.79 Å². The summed E-state index contributed by atoms with van der Waals surface area (Å²) in [5.41, 5.74) is 2.09. The summed E-state index contributed by atoms with van der Waals surface area (Å²) in [6, 6.07) is 7.87. The van der Waals surface area contributed by atoms with Gasteiger partial charge in [-0.2, -0.15) is 0 Å². The van der Waals surface area contributed by atoms with Crippen molar-refractivity contribution < 1.29 is 4.79 Å². The molecule has 0 fully saturated rings. The zero-order valence-corrected chi connectivity index (χ0v) is 9.34.